The molecule has 0 bridgehead atoms. The third-order valence-corrected chi connectivity index (χ3v) is 3.09. The number of nitrogens with one attached hydrogen (secondary N) is 1. The van der Waals surface area contributed by atoms with Crippen molar-refractivity contribution in [1.29, 1.82) is 0 Å². The third kappa shape index (κ3) is 6.16. The molecule has 0 aliphatic rings. The number of carbonyl (C=O) groups excluding carboxylic acids is 1. The van der Waals surface area contributed by atoms with Crippen LogP contribution in [0.25, 0.3) is 0 Å². The lowest BCUT2D eigenvalue weighted by Crippen LogP contribution is -2.23. The van der Waals surface area contributed by atoms with Gasteiger partial charge in [0.05, 0.1) is 5.56 Å². The van der Waals surface area contributed by atoms with Gasteiger partial charge in [-0.25, -0.2) is 0 Å². The van der Waals surface area contributed by atoms with E-state index in [1.54, 1.807) is 0 Å². The van der Waals surface area contributed by atoms with Crippen LogP contribution in [0.4, 0.5) is 18.9 Å². The van der Waals surface area contributed by atoms with Gasteiger partial charge in [0, 0.05) is 12.1 Å². The molecule has 0 aromatic heterocycles. The minimum absolute atomic E-state index is 0.0378. The summed E-state index contributed by atoms with van der Waals surface area (Å²) in [4.78, 5) is 11.9. The van der Waals surface area contributed by atoms with Gasteiger partial charge in [-0.15, -0.1) is 0 Å². The predicted octanol–water partition coefficient (Wildman–Crippen LogP) is 3.66. The normalized spacial score (nSPS) is 13.3. The number of amides is 1. The number of anilines is 1. The van der Waals surface area contributed by atoms with Gasteiger partial charge in [-0.1, -0.05) is 19.9 Å². The van der Waals surface area contributed by atoms with E-state index in [0.29, 0.717) is 12.5 Å². The fourth-order valence-electron chi connectivity index (χ4n) is 2.18. The molecule has 3 nitrogen and oxygen atoms in total. The van der Waals surface area contributed by atoms with Crippen LogP contribution >= 0.6 is 0 Å². The van der Waals surface area contributed by atoms with Gasteiger partial charge < -0.3 is 11.1 Å². The lowest BCUT2D eigenvalue weighted by Gasteiger charge is -2.17. The van der Waals surface area contributed by atoms with Gasteiger partial charge in [-0.3, -0.25) is 4.79 Å². The molecule has 1 amide bonds. The zero-order valence-electron chi connectivity index (χ0n) is 12.2. The summed E-state index contributed by atoms with van der Waals surface area (Å²) >= 11 is 0. The molecule has 6 heteroatoms. The van der Waals surface area contributed by atoms with E-state index in [9.17, 15) is 18.0 Å². The SMILES string of the molecule is CC(C)C[C@H](CN)CC(=O)Nc1cccc(C(F)(F)F)c1. The molecule has 0 aliphatic carbocycles. The van der Waals surface area contributed by atoms with Crippen LogP contribution < -0.4 is 11.1 Å². The fraction of sp³-hybridized carbons (Fsp3) is 0.533. The molecule has 1 atom stereocenters. The maximum Gasteiger partial charge on any atom is 0.416 e. The van der Waals surface area contributed by atoms with Crippen molar-refractivity contribution in [1.82, 2.24) is 0 Å². The number of nitrogens with two attached hydrogens (primary N) is 1. The first kappa shape index (κ1) is 17.5. The molecule has 3 N–H and O–H groups in total. The Morgan fingerprint density at radius 2 is 2.00 bits per heavy atom. The van der Waals surface area contributed by atoms with Crippen LogP contribution in [0.5, 0.6) is 0 Å². The van der Waals surface area contributed by atoms with Crippen LogP contribution in [0.3, 0.4) is 0 Å². The average Bonchev–Trinajstić information content (AvgIpc) is 2.36. The zero-order valence-corrected chi connectivity index (χ0v) is 12.2. The number of hydrogen-bond acceptors (Lipinski definition) is 2. The second-order valence-corrected chi connectivity index (χ2v) is 5.56. The second kappa shape index (κ2) is 7.45. The van der Waals surface area contributed by atoms with E-state index in [1.165, 1.54) is 12.1 Å². The van der Waals surface area contributed by atoms with Crippen LogP contribution in [0, 0.1) is 11.8 Å². The molecule has 0 unspecified atom stereocenters. The Morgan fingerprint density at radius 1 is 1.33 bits per heavy atom. The summed E-state index contributed by atoms with van der Waals surface area (Å²) in [5, 5.41) is 2.50. The highest BCUT2D eigenvalue weighted by atomic mass is 19.4. The van der Waals surface area contributed by atoms with Crippen molar-refractivity contribution < 1.29 is 18.0 Å². The van der Waals surface area contributed by atoms with Gasteiger partial charge in [0.25, 0.3) is 0 Å². The Kier molecular flexibility index (Phi) is 6.20. The van der Waals surface area contributed by atoms with Crippen molar-refractivity contribution in [2.45, 2.75) is 32.9 Å². The number of carbonyl (C=O) groups is 1. The van der Waals surface area contributed by atoms with E-state index in [0.717, 1.165) is 18.6 Å². The second-order valence-electron chi connectivity index (χ2n) is 5.56. The fourth-order valence-corrected chi connectivity index (χ4v) is 2.18. The van der Waals surface area contributed by atoms with Crippen molar-refractivity contribution in [2.24, 2.45) is 17.6 Å². The summed E-state index contributed by atoms with van der Waals surface area (Å²) < 4.78 is 37.8. The van der Waals surface area contributed by atoms with Crippen molar-refractivity contribution in [3.8, 4) is 0 Å². The van der Waals surface area contributed by atoms with Gasteiger partial charge in [0.15, 0.2) is 0 Å². The summed E-state index contributed by atoms with van der Waals surface area (Å²) in [6.07, 6.45) is -3.39. The van der Waals surface area contributed by atoms with Gasteiger partial charge in [0.2, 0.25) is 5.91 Å². The van der Waals surface area contributed by atoms with Crippen LogP contribution in [0.2, 0.25) is 0 Å². The molecule has 1 aromatic rings. The minimum atomic E-state index is -4.42. The number of hydrogen-bond donors (Lipinski definition) is 2. The maximum atomic E-state index is 12.6. The summed E-state index contributed by atoms with van der Waals surface area (Å²) in [7, 11) is 0. The smallest absolute Gasteiger partial charge is 0.330 e. The van der Waals surface area contributed by atoms with Gasteiger partial charge >= 0.3 is 6.18 Å². The molecule has 118 valence electrons. The topological polar surface area (TPSA) is 55.1 Å². The molecule has 1 rings (SSSR count). The molecule has 0 saturated carbocycles. The number of rotatable bonds is 6. The molecule has 0 saturated heterocycles. The van der Waals surface area contributed by atoms with E-state index in [-0.39, 0.29) is 23.9 Å². The highest BCUT2D eigenvalue weighted by Gasteiger charge is 2.30. The predicted molar refractivity (Wildman–Crippen MR) is 76.7 cm³/mol. The highest BCUT2D eigenvalue weighted by molar-refractivity contribution is 5.90. The standard InChI is InChI=1S/C15H21F3N2O/c1-10(2)6-11(9-19)7-14(21)20-13-5-3-4-12(8-13)15(16,17)18/h3-5,8,10-11H,6-7,9,19H2,1-2H3,(H,20,21)/t11-/m0/s1. The summed E-state index contributed by atoms with van der Waals surface area (Å²) in [6.45, 7) is 4.45. The van der Waals surface area contributed by atoms with Crippen LogP contribution in [0.1, 0.15) is 32.3 Å². The number of halogens is 3. The van der Waals surface area contributed by atoms with Crippen molar-refractivity contribution >= 4 is 11.6 Å². The first-order valence-electron chi connectivity index (χ1n) is 6.89. The maximum absolute atomic E-state index is 12.6. The monoisotopic (exact) mass is 302 g/mol. The molecule has 21 heavy (non-hydrogen) atoms. The average molecular weight is 302 g/mol. The first-order valence-corrected chi connectivity index (χ1v) is 6.89. The Bertz CT molecular complexity index is 472. The van der Waals surface area contributed by atoms with E-state index in [2.05, 4.69) is 5.32 Å². The first-order chi connectivity index (χ1) is 9.72. The van der Waals surface area contributed by atoms with E-state index in [4.69, 9.17) is 5.73 Å². The van der Waals surface area contributed by atoms with E-state index >= 15 is 0 Å². The van der Waals surface area contributed by atoms with Crippen LogP contribution in [-0.4, -0.2) is 12.5 Å². The molecule has 0 fully saturated rings. The van der Waals surface area contributed by atoms with Gasteiger partial charge in [0.1, 0.15) is 0 Å². The molecule has 0 heterocycles. The Labute approximate surface area is 122 Å². The summed E-state index contributed by atoms with van der Waals surface area (Å²) in [6, 6.07) is 4.61. The Morgan fingerprint density at radius 3 is 2.52 bits per heavy atom. The van der Waals surface area contributed by atoms with Gasteiger partial charge in [-0.05, 0) is 43.0 Å². The number of benzene rings is 1. The molecule has 0 radical (unpaired) electrons. The largest absolute Gasteiger partial charge is 0.416 e. The van der Waals surface area contributed by atoms with Gasteiger partial charge in [-0.2, -0.15) is 13.2 Å². The van der Waals surface area contributed by atoms with Crippen molar-refractivity contribution in [3.63, 3.8) is 0 Å². The quantitative estimate of drug-likeness (QED) is 0.842. The molecule has 0 aliphatic heterocycles. The summed E-state index contributed by atoms with van der Waals surface area (Å²) in [5.74, 6) is 0.140. The minimum Gasteiger partial charge on any atom is -0.330 e. The highest BCUT2D eigenvalue weighted by Crippen LogP contribution is 2.30. The third-order valence-electron chi connectivity index (χ3n) is 3.09. The zero-order chi connectivity index (χ0) is 16.0. The summed E-state index contributed by atoms with van der Waals surface area (Å²) in [5.41, 5.74) is 4.98. The number of alkyl halides is 3. The molecular weight excluding hydrogens is 281 g/mol. The van der Waals surface area contributed by atoms with E-state index in [1.807, 2.05) is 13.8 Å². The lowest BCUT2D eigenvalue weighted by molar-refractivity contribution is -0.137. The van der Waals surface area contributed by atoms with Crippen molar-refractivity contribution in [3.05, 3.63) is 29.8 Å². The molecule has 1 aromatic carbocycles. The van der Waals surface area contributed by atoms with Crippen LogP contribution in [-0.2, 0) is 11.0 Å². The van der Waals surface area contributed by atoms with E-state index < -0.39 is 11.7 Å². The Balaban J connectivity index is 2.66. The lowest BCUT2D eigenvalue weighted by atomic mass is 9.94. The van der Waals surface area contributed by atoms with Crippen molar-refractivity contribution in [2.75, 3.05) is 11.9 Å². The molecular formula is C15H21F3N2O. The molecule has 0 spiro atoms. The van der Waals surface area contributed by atoms with Crippen LogP contribution in [0.15, 0.2) is 24.3 Å². The Hall–Kier alpha value is -1.56.